The Morgan fingerprint density at radius 2 is 1.69 bits per heavy atom. The van der Waals surface area contributed by atoms with E-state index in [0.717, 1.165) is 18.6 Å². The molecule has 13 heavy (non-hydrogen) atoms. The topological polar surface area (TPSA) is 18.5 Å². The minimum Gasteiger partial charge on any atom is -0.492 e. The third kappa shape index (κ3) is 2.61. The molecule has 0 atom stereocenters. The smallest absolute Gasteiger partial charge is 0.175 e. The zero-order valence-corrected chi connectivity index (χ0v) is 11.7. The maximum Gasteiger partial charge on any atom is 0.175 e. The molecule has 0 spiro atoms. The summed E-state index contributed by atoms with van der Waals surface area (Å²) in [6, 6.07) is 4.04. The van der Waals surface area contributed by atoms with Gasteiger partial charge in [-0.25, -0.2) is 0 Å². The van der Waals surface area contributed by atoms with E-state index in [1.807, 2.05) is 19.1 Å². The molecule has 2 nitrogen and oxygen atoms in total. The van der Waals surface area contributed by atoms with Crippen LogP contribution in [-0.4, -0.2) is 13.7 Å². The van der Waals surface area contributed by atoms with Gasteiger partial charge in [0, 0.05) is 0 Å². The van der Waals surface area contributed by atoms with Gasteiger partial charge < -0.3 is 9.47 Å². The summed E-state index contributed by atoms with van der Waals surface area (Å²) >= 11 is 4.48. The molecule has 4 heteroatoms. The van der Waals surface area contributed by atoms with Gasteiger partial charge in [0.05, 0.1) is 20.9 Å². The van der Waals surface area contributed by atoms with E-state index in [9.17, 15) is 0 Å². The highest BCUT2D eigenvalue weighted by Crippen LogP contribution is 2.36. The molecule has 0 N–H and O–H groups in total. The van der Waals surface area contributed by atoms with Crippen molar-refractivity contribution in [3.8, 4) is 11.5 Å². The van der Waals surface area contributed by atoms with Crippen molar-refractivity contribution in [1.29, 1.82) is 0 Å². The van der Waals surface area contributed by atoms with Crippen LogP contribution in [-0.2, 0) is 0 Å². The molecule has 0 aromatic heterocycles. The first-order chi connectivity index (χ1) is 6.20. The molecule has 72 valence electrons. The Morgan fingerprint density at radius 1 is 1.15 bits per heavy atom. The number of methoxy groups -OCH3 is 1. The van der Waals surface area contributed by atoms with E-state index in [1.165, 1.54) is 0 Å². The van der Waals surface area contributed by atoms with Gasteiger partial charge in [-0.15, -0.1) is 0 Å². The highest BCUT2D eigenvalue weighted by Gasteiger charge is 2.11. The molecule has 0 saturated heterocycles. The van der Waals surface area contributed by atoms with Gasteiger partial charge in [0.1, 0.15) is 0 Å². The first-order valence-electron chi connectivity index (χ1n) is 3.85. The van der Waals surface area contributed by atoms with Crippen LogP contribution in [0.3, 0.4) is 0 Å². The summed E-state index contributed by atoms with van der Waals surface area (Å²) in [5.41, 5.74) is 0. The lowest BCUT2D eigenvalue weighted by Gasteiger charge is -2.12. The lowest BCUT2D eigenvalue weighted by atomic mass is 10.3. The van der Waals surface area contributed by atoms with Gasteiger partial charge in [-0.3, -0.25) is 0 Å². The lowest BCUT2D eigenvalue weighted by Crippen LogP contribution is -1.99. The Balaban J connectivity index is 3.18. The lowest BCUT2D eigenvalue weighted by molar-refractivity contribution is 0.307. The van der Waals surface area contributed by atoms with Gasteiger partial charge in [0.2, 0.25) is 0 Å². The van der Waals surface area contributed by atoms with Crippen LogP contribution in [0, 0.1) is 7.14 Å². The molecule has 0 fully saturated rings. The van der Waals surface area contributed by atoms with E-state index in [4.69, 9.17) is 9.47 Å². The molecule has 1 rings (SSSR count). The summed E-state index contributed by atoms with van der Waals surface area (Å²) in [7, 11) is 1.66. The highest BCUT2D eigenvalue weighted by molar-refractivity contribution is 14.1. The minimum atomic E-state index is 0.659. The second-order valence-electron chi connectivity index (χ2n) is 2.32. The summed E-state index contributed by atoms with van der Waals surface area (Å²) < 4.78 is 12.9. The zero-order valence-electron chi connectivity index (χ0n) is 7.43. The van der Waals surface area contributed by atoms with Gasteiger partial charge >= 0.3 is 0 Å². The van der Waals surface area contributed by atoms with Crippen LogP contribution in [0.15, 0.2) is 12.1 Å². The van der Waals surface area contributed by atoms with Crippen molar-refractivity contribution in [2.45, 2.75) is 6.92 Å². The van der Waals surface area contributed by atoms with Crippen molar-refractivity contribution in [2.75, 3.05) is 13.7 Å². The Hall–Kier alpha value is 0.280. The van der Waals surface area contributed by atoms with Crippen LogP contribution < -0.4 is 9.47 Å². The average molecular weight is 404 g/mol. The predicted molar refractivity (Wildman–Crippen MR) is 69.6 cm³/mol. The van der Waals surface area contributed by atoms with Crippen molar-refractivity contribution >= 4 is 45.2 Å². The molecule has 0 saturated carbocycles. The van der Waals surface area contributed by atoms with Crippen LogP contribution in [0.1, 0.15) is 6.92 Å². The normalized spacial score (nSPS) is 9.85. The predicted octanol–water partition coefficient (Wildman–Crippen LogP) is 3.30. The van der Waals surface area contributed by atoms with E-state index in [-0.39, 0.29) is 0 Å². The Bertz CT molecular complexity index is 300. The summed E-state index contributed by atoms with van der Waals surface area (Å²) in [6.07, 6.45) is 0. The number of ether oxygens (including phenoxy) is 2. The maximum atomic E-state index is 5.50. The molecule has 0 aliphatic rings. The molecule has 1 aromatic rings. The molecular weight excluding hydrogens is 394 g/mol. The van der Waals surface area contributed by atoms with E-state index < -0.39 is 0 Å². The number of halogens is 2. The summed E-state index contributed by atoms with van der Waals surface area (Å²) in [6.45, 7) is 2.63. The van der Waals surface area contributed by atoms with Crippen molar-refractivity contribution in [3.05, 3.63) is 19.3 Å². The van der Waals surface area contributed by atoms with Gasteiger partial charge in [0.15, 0.2) is 11.5 Å². The SMILES string of the molecule is CCOc1c(I)ccc(I)c1OC. The van der Waals surface area contributed by atoms with Crippen LogP contribution in [0.5, 0.6) is 11.5 Å². The summed E-state index contributed by atoms with van der Waals surface area (Å²) in [5, 5.41) is 0. The van der Waals surface area contributed by atoms with E-state index in [1.54, 1.807) is 7.11 Å². The van der Waals surface area contributed by atoms with Crippen LogP contribution in [0.25, 0.3) is 0 Å². The highest BCUT2D eigenvalue weighted by atomic mass is 127. The number of rotatable bonds is 3. The van der Waals surface area contributed by atoms with Crippen molar-refractivity contribution < 1.29 is 9.47 Å². The zero-order chi connectivity index (χ0) is 9.84. The van der Waals surface area contributed by atoms with E-state index in [0.29, 0.717) is 6.61 Å². The number of hydrogen-bond acceptors (Lipinski definition) is 2. The van der Waals surface area contributed by atoms with Gasteiger partial charge in [-0.1, -0.05) is 0 Å². The molecule has 0 aliphatic carbocycles. The Kier molecular flexibility index (Phi) is 4.57. The maximum absolute atomic E-state index is 5.50. The van der Waals surface area contributed by atoms with Crippen LogP contribution in [0.4, 0.5) is 0 Å². The molecule has 0 aliphatic heterocycles. The first kappa shape index (κ1) is 11.4. The molecular formula is C9H10I2O2. The molecule has 0 heterocycles. The van der Waals surface area contributed by atoms with E-state index >= 15 is 0 Å². The standard InChI is InChI=1S/C9H10I2O2/c1-3-13-9-7(11)5-4-6(10)8(9)12-2/h4-5H,3H2,1-2H3. The minimum absolute atomic E-state index is 0.659. The summed E-state index contributed by atoms with van der Waals surface area (Å²) in [4.78, 5) is 0. The molecule has 0 unspecified atom stereocenters. The molecule has 0 bridgehead atoms. The number of benzene rings is 1. The third-order valence-corrected chi connectivity index (χ3v) is 3.21. The van der Waals surface area contributed by atoms with Crippen molar-refractivity contribution in [3.63, 3.8) is 0 Å². The van der Waals surface area contributed by atoms with Gasteiger partial charge in [-0.2, -0.15) is 0 Å². The average Bonchev–Trinajstić information content (AvgIpc) is 2.12. The van der Waals surface area contributed by atoms with E-state index in [2.05, 4.69) is 45.2 Å². The summed E-state index contributed by atoms with van der Waals surface area (Å²) in [5.74, 6) is 1.67. The Morgan fingerprint density at radius 3 is 2.15 bits per heavy atom. The molecule has 0 amide bonds. The molecule has 1 aromatic carbocycles. The largest absolute Gasteiger partial charge is 0.492 e. The van der Waals surface area contributed by atoms with Crippen molar-refractivity contribution in [1.82, 2.24) is 0 Å². The fourth-order valence-electron chi connectivity index (χ4n) is 0.984. The second kappa shape index (κ2) is 5.23. The molecule has 0 radical (unpaired) electrons. The van der Waals surface area contributed by atoms with Gasteiger partial charge in [-0.05, 0) is 64.2 Å². The second-order valence-corrected chi connectivity index (χ2v) is 4.65. The van der Waals surface area contributed by atoms with Gasteiger partial charge in [0.25, 0.3) is 0 Å². The van der Waals surface area contributed by atoms with Crippen LogP contribution >= 0.6 is 45.2 Å². The number of hydrogen-bond donors (Lipinski definition) is 0. The third-order valence-electron chi connectivity index (χ3n) is 1.51. The fourth-order valence-corrected chi connectivity index (χ4v) is 2.21. The quantitative estimate of drug-likeness (QED) is 0.721. The van der Waals surface area contributed by atoms with Crippen molar-refractivity contribution in [2.24, 2.45) is 0 Å². The Labute approximate surface area is 105 Å². The fraction of sp³-hybridized carbons (Fsp3) is 0.333. The van der Waals surface area contributed by atoms with Crippen LogP contribution in [0.2, 0.25) is 0 Å². The first-order valence-corrected chi connectivity index (χ1v) is 6.01. The monoisotopic (exact) mass is 404 g/mol.